The van der Waals surface area contributed by atoms with E-state index < -0.39 is 0 Å². The van der Waals surface area contributed by atoms with Gasteiger partial charge in [0.25, 0.3) is 0 Å². The summed E-state index contributed by atoms with van der Waals surface area (Å²) in [5.41, 5.74) is 6.85. The third-order valence-electron chi connectivity index (χ3n) is 3.28. The van der Waals surface area contributed by atoms with Gasteiger partial charge in [0.2, 0.25) is 5.88 Å². The molecule has 1 heterocycles. The Morgan fingerprint density at radius 1 is 1.33 bits per heavy atom. The highest BCUT2D eigenvalue weighted by Gasteiger charge is 2.11. The van der Waals surface area contributed by atoms with E-state index in [1.54, 1.807) is 0 Å². The molecule has 0 radical (unpaired) electrons. The van der Waals surface area contributed by atoms with Gasteiger partial charge in [0.1, 0.15) is 11.4 Å². The average molecular weight is 286 g/mol. The molecule has 0 spiro atoms. The van der Waals surface area contributed by atoms with Gasteiger partial charge in [0.05, 0.1) is 12.4 Å². The minimum Gasteiger partial charge on any atom is -0.437 e. The maximum absolute atomic E-state index is 8.58. The quantitative estimate of drug-likeness (QED) is 0.381. The zero-order chi connectivity index (χ0) is 15.2. The average Bonchev–Trinajstić information content (AvgIpc) is 2.54. The lowest BCUT2D eigenvalue weighted by atomic mass is 9.98. The van der Waals surface area contributed by atoms with Gasteiger partial charge in [0, 0.05) is 0 Å². The summed E-state index contributed by atoms with van der Waals surface area (Å²) in [6, 6.07) is 7.85. The van der Waals surface area contributed by atoms with E-state index in [1.165, 1.54) is 12.4 Å². The summed E-state index contributed by atoms with van der Waals surface area (Å²) >= 11 is 0. The first kappa shape index (κ1) is 14.8. The van der Waals surface area contributed by atoms with Gasteiger partial charge in [-0.2, -0.15) is 0 Å². The summed E-state index contributed by atoms with van der Waals surface area (Å²) in [6.07, 6.45) is 3.87. The van der Waals surface area contributed by atoms with Crippen LogP contribution in [-0.2, 0) is 0 Å². The molecule has 0 aliphatic heterocycles. The smallest absolute Gasteiger partial charge is 0.237 e. The van der Waals surface area contributed by atoms with Crippen molar-refractivity contribution < 1.29 is 9.94 Å². The number of nitrogens with zero attached hydrogens (tertiary/aromatic N) is 3. The Balaban J connectivity index is 2.23. The van der Waals surface area contributed by atoms with Gasteiger partial charge in [-0.3, -0.25) is 0 Å². The topological polar surface area (TPSA) is 93.6 Å². The highest BCUT2D eigenvalue weighted by atomic mass is 16.5. The van der Waals surface area contributed by atoms with E-state index in [1.807, 2.05) is 24.3 Å². The Morgan fingerprint density at radius 2 is 2.10 bits per heavy atom. The van der Waals surface area contributed by atoms with Crippen LogP contribution in [0.1, 0.15) is 37.4 Å². The predicted octanol–water partition coefficient (Wildman–Crippen LogP) is 2.88. The number of oxime groups is 1. The largest absolute Gasteiger partial charge is 0.437 e. The fraction of sp³-hybridized carbons (Fsp3) is 0.267. The van der Waals surface area contributed by atoms with Crippen molar-refractivity contribution in [3.63, 3.8) is 0 Å². The number of nitrogens with two attached hydrogens (primary N) is 1. The van der Waals surface area contributed by atoms with Crippen LogP contribution >= 0.6 is 0 Å². The molecule has 2 aromatic rings. The van der Waals surface area contributed by atoms with Crippen LogP contribution in [0, 0.1) is 0 Å². The summed E-state index contributed by atoms with van der Waals surface area (Å²) < 4.78 is 5.78. The van der Waals surface area contributed by atoms with Gasteiger partial charge < -0.3 is 15.7 Å². The van der Waals surface area contributed by atoms with Crippen LogP contribution in [0.5, 0.6) is 11.6 Å². The van der Waals surface area contributed by atoms with Crippen LogP contribution in [0.2, 0.25) is 0 Å². The van der Waals surface area contributed by atoms with E-state index in [0.29, 0.717) is 17.5 Å². The zero-order valence-corrected chi connectivity index (χ0v) is 12.0. The first-order valence-electron chi connectivity index (χ1n) is 6.72. The minimum absolute atomic E-state index is 0.0888. The molecule has 0 saturated heterocycles. The van der Waals surface area contributed by atoms with E-state index in [9.17, 15) is 0 Å². The molecular weight excluding hydrogens is 268 g/mol. The molecule has 1 aromatic heterocycles. The van der Waals surface area contributed by atoms with Crippen LogP contribution in [0.25, 0.3) is 0 Å². The van der Waals surface area contributed by atoms with E-state index in [0.717, 1.165) is 17.7 Å². The van der Waals surface area contributed by atoms with Crippen LogP contribution in [-0.4, -0.2) is 21.0 Å². The first-order chi connectivity index (χ1) is 10.2. The number of hydrogen-bond acceptors (Lipinski definition) is 5. The molecule has 2 rings (SSSR count). The van der Waals surface area contributed by atoms with Crippen molar-refractivity contribution in [2.75, 3.05) is 0 Å². The zero-order valence-electron chi connectivity index (χ0n) is 12.0. The van der Waals surface area contributed by atoms with Crippen LogP contribution in [0.15, 0.2) is 41.8 Å². The molecule has 0 bridgehead atoms. The second-order valence-corrected chi connectivity index (χ2v) is 4.67. The Kier molecular flexibility index (Phi) is 4.71. The number of aromatic nitrogens is 2. The van der Waals surface area contributed by atoms with Crippen molar-refractivity contribution in [3.8, 4) is 11.6 Å². The fourth-order valence-corrected chi connectivity index (χ4v) is 1.87. The maximum atomic E-state index is 8.58. The number of para-hydroxylation sites is 1. The Hall–Kier alpha value is -2.63. The highest BCUT2D eigenvalue weighted by molar-refractivity contribution is 5.94. The summed E-state index contributed by atoms with van der Waals surface area (Å²) in [5, 5.41) is 11.5. The Labute approximate surface area is 123 Å². The van der Waals surface area contributed by atoms with Gasteiger partial charge in [0.15, 0.2) is 5.84 Å². The first-order valence-corrected chi connectivity index (χ1v) is 6.72. The van der Waals surface area contributed by atoms with Gasteiger partial charge >= 0.3 is 0 Å². The molecule has 1 atom stereocenters. The fourth-order valence-electron chi connectivity index (χ4n) is 1.87. The van der Waals surface area contributed by atoms with E-state index in [-0.39, 0.29) is 5.84 Å². The van der Waals surface area contributed by atoms with Gasteiger partial charge in [-0.25, -0.2) is 9.97 Å². The van der Waals surface area contributed by atoms with Crippen molar-refractivity contribution in [2.24, 2.45) is 10.9 Å². The molecule has 0 fully saturated rings. The third-order valence-corrected chi connectivity index (χ3v) is 3.28. The third kappa shape index (κ3) is 3.47. The molecule has 21 heavy (non-hydrogen) atoms. The predicted molar refractivity (Wildman–Crippen MR) is 79.8 cm³/mol. The van der Waals surface area contributed by atoms with Crippen LogP contribution < -0.4 is 10.5 Å². The lowest BCUT2D eigenvalue weighted by Gasteiger charge is -2.14. The standard InChI is InChI=1S/C15H18N4O2/c1-3-10(2)11-6-4-5-7-13(11)21-14-9-17-12(8-18-14)15(16)19-20/h4-10,20H,3H2,1-2H3,(H2,16,19). The van der Waals surface area contributed by atoms with Gasteiger partial charge in [-0.1, -0.05) is 37.2 Å². The van der Waals surface area contributed by atoms with Crippen LogP contribution in [0.3, 0.4) is 0 Å². The van der Waals surface area contributed by atoms with Gasteiger partial charge in [-0.15, -0.1) is 0 Å². The van der Waals surface area contributed by atoms with E-state index >= 15 is 0 Å². The lowest BCUT2D eigenvalue weighted by Crippen LogP contribution is -2.15. The second-order valence-electron chi connectivity index (χ2n) is 4.67. The van der Waals surface area contributed by atoms with Crippen molar-refractivity contribution in [1.29, 1.82) is 0 Å². The van der Waals surface area contributed by atoms with E-state index in [2.05, 4.69) is 29.0 Å². The Morgan fingerprint density at radius 3 is 2.71 bits per heavy atom. The monoisotopic (exact) mass is 286 g/mol. The number of rotatable bonds is 5. The molecule has 6 heteroatoms. The number of ether oxygens (including phenoxy) is 1. The van der Waals surface area contributed by atoms with Gasteiger partial charge in [-0.05, 0) is 24.0 Å². The Bertz CT molecular complexity index is 626. The molecular formula is C15H18N4O2. The maximum Gasteiger partial charge on any atom is 0.237 e. The molecule has 6 nitrogen and oxygen atoms in total. The normalized spacial score (nSPS) is 13.0. The number of amidine groups is 1. The molecule has 110 valence electrons. The van der Waals surface area contributed by atoms with Crippen molar-refractivity contribution in [1.82, 2.24) is 9.97 Å². The molecule has 0 saturated carbocycles. The molecule has 3 N–H and O–H groups in total. The minimum atomic E-state index is -0.0888. The number of benzene rings is 1. The molecule has 1 unspecified atom stereocenters. The van der Waals surface area contributed by atoms with E-state index in [4.69, 9.17) is 15.7 Å². The summed E-state index contributed by atoms with van der Waals surface area (Å²) in [5.74, 6) is 1.43. The van der Waals surface area contributed by atoms with Crippen molar-refractivity contribution in [3.05, 3.63) is 47.9 Å². The highest BCUT2D eigenvalue weighted by Crippen LogP contribution is 2.30. The summed E-state index contributed by atoms with van der Waals surface area (Å²) in [6.45, 7) is 4.28. The van der Waals surface area contributed by atoms with Crippen LogP contribution in [0.4, 0.5) is 0 Å². The summed E-state index contributed by atoms with van der Waals surface area (Å²) in [4.78, 5) is 8.15. The van der Waals surface area contributed by atoms with Crippen molar-refractivity contribution in [2.45, 2.75) is 26.2 Å². The molecule has 0 aliphatic rings. The lowest BCUT2D eigenvalue weighted by molar-refractivity contribution is 0.318. The van der Waals surface area contributed by atoms with Crippen molar-refractivity contribution >= 4 is 5.84 Å². The number of hydrogen-bond donors (Lipinski definition) is 2. The second kappa shape index (κ2) is 6.69. The summed E-state index contributed by atoms with van der Waals surface area (Å²) in [7, 11) is 0. The molecule has 0 amide bonds. The molecule has 1 aromatic carbocycles. The molecule has 0 aliphatic carbocycles. The SMILES string of the molecule is CCC(C)c1ccccc1Oc1cnc(C(N)=NO)cn1.